The Hall–Kier alpha value is -2.62. The number of aromatic nitrogens is 1. The molecule has 0 aliphatic heterocycles. The second kappa shape index (κ2) is 4.81. The largest absolute Gasteiger partial charge is 0.505 e. The molecular weight excluding hydrogens is 257 g/mol. The second-order valence-electron chi connectivity index (χ2n) is 4.46. The highest BCUT2D eigenvalue weighted by Crippen LogP contribution is 2.30. The Balaban J connectivity index is 2.07. The first-order valence-electron chi connectivity index (χ1n) is 6.17. The standard InChI is InChI=1S/C16H12FNO2/c1-10-15(12-7-8-13(17)14(19)9-12)18-16(20-10)11-5-3-2-4-6-11/h2-9,19H,1H3. The molecule has 0 spiro atoms. The van der Waals surface area contributed by atoms with Gasteiger partial charge in [0.15, 0.2) is 11.6 Å². The van der Waals surface area contributed by atoms with Gasteiger partial charge in [0.2, 0.25) is 5.89 Å². The number of oxazole rings is 1. The maximum atomic E-state index is 13.1. The predicted molar refractivity (Wildman–Crippen MR) is 73.7 cm³/mol. The SMILES string of the molecule is Cc1oc(-c2ccccc2)nc1-c1ccc(F)c(O)c1. The molecule has 0 aliphatic rings. The molecule has 0 bridgehead atoms. The Bertz CT molecular complexity index is 750. The zero-order valence-electron chi connectivity index (χ0n) is 10.8. The van der Waals surface area contributed by atoms with Gasteiger partial charge in [0, 0.05) is 11.1 Å². The normalized spacial score (nSPS) is 10.7. The van der Waals surface area contributed by atoms with Gasteiger partial charge in [0.1, 0.15) is 11.5 Å². The molecule has 0 aliphatic carbocycles. The topological polar surface area (TPSA) is 46.3 Å². The van der Waals surface area contributed by atoms with Gasteiger partial charge >= 0.3 is 0 Å². The van der Waals surface area contributed by atoms with Crippen LogP contribution in [0, 0.1) is 12.7 Å². The summed E-state index contributed by atoms with van der Waals surface area (Å²) in [5.74, 6) is 0.0705. The lowest BCUT2D eigenvalue weighted by molar-refractivity contribution is 0.432. The maximum absolute atomic E-state index is 13.1. The van der Waals surface area contributed by atoms with Crippen molar-refractivity contribution in [3.8, 4) is 28.5 Å². The predicted octanol–water partition coefficient (Wildman–Crippen LogP) is 4.16. The molecule has 0 fully saturated rings. The number of halogens is 1. The van der Waals surface area contributed by atoms with Crippen LogP contribution < -0.4 is 0 Å². The van der Waals surface area contributed by atoms with Gasteiger partial charge in [-0.15, -0.1) is 0 Å². The minimum atomic E-state index is -0.654. The van der Waals surface area contributed by atoms with Crippen molar-refractivity contribution in [3.05, 3.63) is 60.1 Å². The van der Waals surface area contributed by atoms with Gasteiger partial charge in [-0.2, -0.15) is 0 Å². The fourth-order valence-corrected chi connectivity index (χ4v) is 2.03. The smallest absolute Gasteiger partial charge is 0.226 e. The van der Waals surface area contributed by atoms with E-state index in [1.807, 2.05) is 30.3 Å². The van der Waals surface area contributed by atoms with E-state index in [0.29, 0.717) is 22.9 Å². The summed E-state index contributed by atoms with van der Waals surface area (Å²) in [6, 6.07) is 13.6. The van der Waals surface area contributed by atoms with Gasteiger partial charge in [0.05, 0.1) is 0 Å². The number of hydrogen-bond donors (Lipinski definition) is 1. The van der Waals surface area contributed by atoms with Crippen LogP contribution in [-0.2, 0) is 0 Å². The molecule has 4 heteroatoms. The van der Waals surface area contributed by atoms with Gasteiger partial charge in [-0.25, -0.2) is 9.37 Å². The minimum absolute atomic E-state index is 0.397. The number of aromatic hydroxyl groups is 1. The quantitative estimate of drug-likeness (QED) is 0.759. The maximum Gasteiger partial charge on any atom is 0.226 e. The van der Waals surface area contributed by atoms with Gasteiger partial charge in [0.25, 0.3) is 0 Å². The third-order valence-electron chi connectivity index (χ3n) is 3.04. The van der Waals surface area contributed by atoms with E-state index in [2.05, 4.69) is 4.98 Å². The van der Waals surface area contributed by atoms with Crippen molar-refractivity contribution >= 4 is 0 Å². The molecule has 2 aromatic carbocycles. The highest BCUT2D eigenvalue weighted by atomic mass is 19.1. The van der Waals surface area contributed by atoms with E-state index in [1.165, 1.54) is 12.1 Å². The average Bonchev–Trinajstić information content (AvgIpc) is 2.85. The van der Waals surface area contributed by atoms with E-state index in [0.717, 1.165) is 5.56 Å². The average molecular weight is 269 g/mol. The molecule has 0 atom stereocenters. The van der Waals surface area contributed by atoms with Crippen LogP contribution in [0.5, 0.6) is 5.75 Å². The van der Waals surface area contributed by atoms with Crippen LogP contribution in [0.1, 0.15) is 5.76 Å². The minimum Gasteiger partial charge on any atom is -0.505 e. The fourth-order valence-electron chi connectivity index (χ4n) is 2.03. The molecule has 100 valence electrons. The molecule has 0 saturated heterocycles. The third kappa shape index (κ3) is 2.16. The Morgan fingerprint density at radius 3 is 2.50 bits per heavy atom. The molecule has 0 amide bonds. The lowest BCUT2D eigenvalue weighted by Gasteiger charge is -1.99. The van der Waals surface area contributed by atoms with E-state index < -0.39 is 11.6 Å². The summed E-state index contributed by atoms with van der Waals surface area (Å²) >= 11 is 0. The van der Waals surface area contributed by atoms with Crippen LogP contribution in [0.15, 0.2) is 52.9 Å². The summed E-state index contributed by atoms with van der Waals surface area (Å²) in [4.78, 5) is 4.42. The van der Waals surface area contributed by atoms with Crippen LogP contribution >= 0.6 is 0 Å². The van der Waals surface area contributed by atoms with E-state index >= 15 is 0 Å². The summed E-state index contributed by atoms with van der Waals surface area (Å²) < 4.78 is 18.7. The lowest BCUT2D eigenvalue weighted by atomic mass is 10.1. The number of nitrogens with zero attached hydrogens (tertiary/aromatic N) is 1. The number of rotatable bonds is 2. The van der Waals surface area contributed by atoms with Crippen LogP contribution in [0.2, 0.25) is 0 Å². The third-order valence-corrected chi connectivity index (χ3v) is 3.04. The van der Waals surface area contributed by atoms with Crippen LogP contribution in [-0.4, -0.2) is 10.1 Å². The van der Waals surface area contributed by atoms with Crippen LogP contribution in [0.3, 0.4) is 0 Å². The van der Waals surface area contributed by atoms with Crippen LogP contribution in [0.25, 0.3) is 22.7 Å². The summed E-state index contributed by atoms with van der Waals surface area (Å²) in [6.45, 7) is 1.79. The first-order chi connectivity index (χ1) is 9.65. The van der Waals surface area contributed by atoms with Gasteiger partial charge in [-0.1, -0.05) is 18.2 Å². The summed E-state index contributed by atoms with van der Waals surface area (Å²) in [7, 11) is 0. The molecule has 1 aromatic heterocycles. The number of aryl methyl sites for hydroxylation is 1. The van der Waals surface area contributed by atoms with Crippen molar-refractivity contribution in [1.29, 1.82) is 0 Å². The number of benzene rings is 2. The number of phenolic OH excluding ortho intramolecular Hbond substituents is 1. The summed E-state index contributed by atoms with van der Waals surface area (Å²) in [5, 5.41) is 9.44. The van der Waals surface area contributed by atoms with E-state index in [-0.39, 0.29) is 0 Å². The second-order valence-corrected chi connectivity index (χ2v) is 4.46. The lowest BCUT2D eigenvalue weighted by Crippen LogP contribution is -1.83. The van der Waals surface area contributed by atoms with Crippen molar-refractivity contribution in [2.75, 3.05) is 0 Å². The van der Waals surface area contributed by atoms with E-state index in [9.17, 15) is 9.50 Å². The first-order valence-corrected chi connectivity index (χ1v) is 6.17. The Labute approximate surface area is 115 Å². The van der Waals surface area contributed by atoms with Crippen molar-refractivity contribution in [3.63, 3.8) is 0 Å². The van der Waals surface area contributed by atoms with Gasteiger partial charge in [-0.05, 0) is 37.3 Å². The van der Waals surface area contributed by atoms with Crippen molar-refractivity contribution in [2.24, 2.45) is 0 Å². The summed E-state index contributed by atoms with van der Waals surface area (Å²) in [5.41, 5.74) is 2.08. The van der Waals surface area contributed by atoms with E-state index in [1.54, 1.807) is 13.0 Å². The van der Waals surface area contributed by atoms with Gasteiger partial charge < -0.3 is 9.52 Å². The molecule has 0 radical (unpaired) electrons. The Kier molecular flexibility index (Phi) is 2.99. The van der Waals surface area contributed by atoms with Crippen molar-refractivity contribution < 1.29 is 13.9 Å². The molecule has 20 heavy (non-hydrogen) atoms. The summed E-state index contributed by atoms with van der Waals surface area (Å²) in [6.07, 6.45) is 0. The molecule has 0 unspecified atom stereocenters. The van der Waals surface area contributed by atoms with E-state index in [4.69, 9.17) is 4.42 Å². The highest BCUT2D eigenvalue weighted by molar-refractivity contribution is 5.66. The van der Waals surface area contributed by atoms with Crippen LogP contribution in [0.4, 0.5) is 4.39 Å². The molecular formula is C16H12FNO2. The molecule has 1 heterocycles. The van der Waals surface area contributed by atoms with Gasteiger partial charge in [-0.3, -0.25) is 0 Å². The highest BCUT2D eigenvalue weighted by Gasteiger charge is 2.14. The molecule has 1 N–H and O–H groups in total. The first kappa shape index (κ1) is 12.4. The Morgan fingerprint density at radius 1 is 1.05 bits per heavy atom. The zero-order chi connectivity index (χ0) is 14.1. The Morgan fingerprint density at radius 2 is 1.80 bits per heavy atom. The molecule has 3 nitrogen and oxygen atoms in total. The molecule has 0 saturated carbocycles. The van der Waals surface area contributed by atoms with Crippen molar-refractivity contribution in [1.82, 2.24) is 4.98 Å². The zero-order valence-corrected chi connectivity index (χ0v) is 10.8. The fraction of sp³-hybridized carbons (Fsp3) is 0.0625. The molecule has 3 aromatic rings. The number of hydrogen-bond acceptors (Lipinski definition) is 3. The number of phenols is 1. The molecule has 3 rings (SSSR count). The van der Waals surface area contributed by atoms with Crippen molar-refractivity contribution in [2.45, 2.75) is 6.92 Å². The monoisotopic (exact) mass is 269 g/mol.